The first-order valence-corrected chi connectivity index (χ1v) is 5.94. The number of amides is 1. The van der Waals surface area contributed by atoms with E-state index in [1.165, 1.54) is 0 Å². The minimum atomic E-state index is -0.833. The zero-order valence-electron chi connectivity index (χ0n) is 10.7. The van der Waals surface area contributed by atoms with Gasteiger partial charge < -0.3 is 15.7 Å². The van der Waals surface area contributed by atoms with Crippen LogP contribution in [0, 0.1) is 0 Å². The van der Waals surface area contributed by atoms with Crippen molar-refractivity contribution in [3.05, 3.63) is 0 Å². The predicted molar refractivity (Wildman–Crippen MR) is 67.3 cm³/mol. The van der Waals surface area contributed by atoms with E-state index in [1.807, 2.05) is 20.8 Å². The van der Waals surface area contributed by atoms with Crippen LogP contribution >= 0.6 is 11.6 Å². The first-order chi connectivity index (χ1) is 7.61. The molecule has 1 amide bonds. The van der Waals surface area contributed by atoms with Crippen LogP contribution in [0.15, 0.2) is 0 Å². The van der Waals surface area contributed by atoms with Crippen molar-refractivity contribution in [3.63, 3.8) is 0 Å². The second kappa shape index (κ2) is 6.81. The number of hydrogen-bond acceptors (Lipinski definition) is 3. The van der Waals surface area contributed by atoms with Gasteiger partial charge in [0.05, 0.1) is 6.04 Å². The summed E-state index contributed by atoms with van der Waals surface area (Å²) in [5.41, 5.74) is -0.164. The standard InChI is InChI=1S/C9H17ClN2O.C2H4O2/c1-9(2,3)12-8(13)7-4-6(10)5-11-7;1-2(3)4/h6-7,11H,4-5H2,1-3H3,(H,12,13);1H3,(H,3,4)/t6?,7-;/m0./s1. The van der Waals surface area contributed by atoms with Crippen molar-refractivity contribution < 1.29 is 14.7 Å². The Hall–Kier alpha value is -0.810. The second-order valence-electron chi connectivity index (χ2n) is 5.05. The van der Waals surface area contributed by atoms with E-state index < -0.39 is 5.97 Å². The highest BCUT2D eigenvalue weighted by Gasteiger charge is 2.29. The maximum absolute atomic E-state index is 11.6. The van der Waals surface area contributed by atoms with Gasteiger partial charge in [-0.05, 0) is 27.2 Å². The smallest absolute Gasteiger partial charge is 0.300 e. The van der Waals surface area contributed by atoms with Crippen molar-refractivity contribution in [2.24, 2.45) is 0 Å². The Morgan fingerprint density at radius 1 is 1.41 bits per heavy atom. The largest absolute Gasteiger partial charge is 0.481 e. The highest BCUT2D eigenvalue weighted by molar-refractivity contribution is 6.21. The average molecular weight is 265 g/mol. The van der Waals surface area contributed by atoms with Crippen LogP contribution < -0.4 is 10.6 Å². The second-order valence-corrected chi connectivity index (χ2v) is 5.67. The number of halogens is 1. The Labute approximate surface area is 107 Å². The molecule has 17 heavy (non-hydrogen) atoms. The fraction of sp³-hybridized carbons (Fsp3) is 0.818. The number of carboxylic acids is 1. The molecule has 5 nitrogen and oxygen atoms in total. The van der Waals surface area contributed by atoms with Crippen LogP contribution in [0.2, 0.25) is 0 Å². The average Bonchev–Trinajstić information content (AvgIpc) is 2.47. The molecule has 0 aromatic carbocycles. The zero-order valence-corrected chi connectivity index (χ0v) is 11.5. The van der Waals surface area contributed by atoms with Gasteiger partial charge in [-0.1, -0.05) is 0 Å². The number of hydrogen-bond donors (Lipinski definition) is 3. The molecule has 0 aliphatic carbocycles. The van der Waals surface area contributed by atoms with Gasteiger partial charge in [0.2, 0.25) is 5.91 Å². The van der Waals surface area contributed by atoms with E-state index in [0.717, 1.165) is 19.9 Å². The molecule has 0 spiro atoms. The molecule has 1 rings (SSSR count). The van der Waals surface area contributed by atoms with E-state index in [4.69, 9.17) is 21.5 Å². The summed E-state index contributed by atoms with van der Waals surface area (Å²) in [5.74, 6) is -0.782. The van der Waals surface area contributed by atoms with Crippen molar-refractivity contribution in [1.29, 1.82) is 0 Å². The molecule has 3 N–H and O–H groups in total. The van der Waals surface area contributed by atoms with E-state index in [-0.39, 0.29) is 22.9 Å². The lowest BCUT2D eigenvalue weighted by Crippen LogP contribution is -2.48. The molecule has 0 aromatic heterocycles. The number of alkyl halides is 1. The number of carbonyl (C=O) groups excluding carboxylic acids is 1. The van der Waals surface area contributed by atoms with Gasteiger partial charge >= 0.3 is 0 Å². The van der Waals surface area contributed by atoms with Crippen LogP contribution in [-0.4, -0.2) is 40.5 Å². The lowest BCUT2D eigenvalue weighted by Gasteiger charge is -2.22. The normalized spacial score (nSPS) is 23.6. The van der Waals surface area contributed by atoms with Crippen LogP contribution in [-0.2, 0) is 9.59 Å². The van der Waals surface area contributed by atoms with Crippen LogP contribution in [0.3, 0.4) is 0 Å². The van der Waals surface area contributed by atoms with Gasteiger partial charge in [0.15, 0.2) is 0 Å². The summed E-state index contributed by atoms with van der Waals surface area (Å²) in [6.07, 6.45) is 0.726. The maximum atomic E-state index is 11.6. The molecule has 1 heterocycles. The number of aliphatic carboxylic acids is 1. The molecule has 0 bridgehead atoms. The van der Waals surface area contributed by atoms with Gasteiger partial charge in [0.25, 0.3) is 5.97 Å². The Morgan fingerprint density at radius 3 is 2.18 bits per heavy atom. The number of carboxylic acid groups (broad SMARTS) is 1. The zero-order chi connectivity index (χ0) is 13.6. The molecular weight excluding hydrogens is 244 g/mol. The molecule has 1 aliphatic heterocycles. The maximum Gasteiger partial charge on any atom is 0.300 e. The van der Waals surface area contributed by atoms with Crippen molar-refractivity contribution in [2.75, 3.05) is 6.54 Å². The summed E-state index contributed by atoms with van der Waals surface area (Å²) >= 11 is 5.88. The lowest BCUT2D eigenvalue weighted by molar-refractivity contribution is -0.134. The first kappa shape index (κ1) is 16.2. The van der Waals surface area contributed by atoms with Gasteiger partial charge in [-0.3, -0.25) is 9.59 Å². The van der Waals surface area contributed by atoms with Crippen LogP contribution in [0.1, 0.15) is 34.1 Å². The van der Waals surface area contributed by atoms with Gasteiger partial charge in [0, 0.05) is 24.4 Å². The summed E-state index contributed by atoms with van der Waals surface area (Å²) in [4.78, 5) is 20.6. The predicted octanol–water partition coefficient (Wildman–Crippen LogP) is 0.961. The SMILES string of the molecule is CC(=O)O.CC(C)(C)NC(=O)[C@@H]1CC(Cl)CN1. The Balaban J connectivity index is 0.000000557. The van der Waals surface area contributed by atoms with Gasteiger partial charge in [-0.25, -0.2) is 0 Å². The molecule has 1 saturated heterocycles. The first-order valence-electron chi connectivity index (χ1n) is 5.51. The number of nitrogens with one attached hydrogen (secondary N) is 2. The molecule has 6 heteroatoms. The number of rotatable bonds is 1. The third kappa shape index (κ3) is 8.94. The summed E-state index contributed by atoms with van der Waals surface area (Å²) in [5, 5.41) is 13.5. The summed E-state index contributed by atoms with van der Waals surface area (Å²) in [6.45, 7) is 7.72. The fourth-order valence-electron chi connectivity index (χ4n) is 1.35. The highest BCUT2D eigenvalue weighted by Crippen LogP contribution is 2.13. The molecule has 100 valence electrons. The Bertz CT molecular complexity index is 272. The minimum absolute atomic E-state index is 0.0515. The van der Waals surface area contributed by atoms with E-state index in [0.29, 0.717) is 0 Å². The van der Waals surface area contributed by atoms with E-state index in [2.05, 4.69) is 10.6 Å². The molecule has 0 saturated carbocycles. The summed E-state index contributed by atoms with van der Waals surface area (Å²) in [6, 6.07) is -0.110. The third-order valence-corrected chi connectivity index (χ3v) is 2.22. The van der Waals surface area contributed by atoms with Crippen LogP contribution in [0.4, 0.5) is 0 Å². The summed E-state index contributed by atoms with van der Waals surface area (Å²) < 4.78 is 0. The minimum Gasteiger partial charge on any atom is -0.481 e. The van der Waals surface area contributed by atoms with Crippen molar-refractivity contribution in [3.8, 4) is 0 Å². The Morgan fingerprint density at radius 2 is 1.88 bits per heavy atom. The molecule has 1 fully saturated rings. The van der Waals surface area contributed by atoms with E-state index in [1.54, 1.807) is 0 Å². The monoisotopic (exact) mass is 264 g/mol. The molecule has 0 aromatic rings. The van der Waals surface area contributed by atoms with Crippen molar-refractivity contribution in [2.45, 2.75) is 51.1 Å². The molecule has 1 unspecified atom stereocenters. The van der Waals surface area contributed by atoms with Crippen LogP contribution in [0.25, 0.3) is 0 Å². The van der Waals surface area contributed by atoms with Crippen LogP contribution in [0.5, 0.6) is 0 Å². The van der Waals surface area contributed by atoms with Gasteiger partial charge in [-0.2, -0.15) is 0 Å². The molecular formula is C11H21ClN2O3. The number of carbonyl (C=O) groups is 2. The lowest BCUT2D eigenvalue weighted by atomic mass is 10.1. The quantitative estimate of drug-likeness (QED) is 0.617. The summed E-state index contributed by atoms with van der Waals surface area (Å²) in [7, 11) is 0. The highest BCUT2D eigenvalue weighted by atomic mass is 35.5. The van der Waals surface area contributed by atoms with E-state index >= 15 is 0 Å². The van der Waals surface area contributed by atoms with E-state index in [9.17, 15) is 4.79 Å². The van der Waals surface area contributed by atoms with Crippen molar-refractivity contribution in [1.82, 2.24) is 10.6 Å². The Kier molecular flexibility index (Phi) is 6.49. The molecule has 0 radical (unpaired) electrons. The fourth-order valence-corrected chi connectivity index (χ4v) is 1.62. The van der Waals surface area contributed by atoms with Gasteiger partial charge in [-0.15, -0.1) is 11.6 Å². The molecule has 1 aliphatic rings. The third-order valence-electron chi connectivity index (χ3n) is 1.89. The van der Waals surface area contributed by atoms with Crippen molar-refractivity contribution >= 4 is 23.5 Å². The van der Waals surface area contributed by atoms with Gasteiger partial charge in [0.1, 0.15) is 0 Å². The molecule has 2 atom stereocenters. The topological polar surface area (TPSA) is 78.4 Å².